The minimum Gasteiger partial charge on any atom is -0.0880 e. The molecule has 0 aromatic carbocycles. The van der Waals surface area contributed by atoms with Crippen LogP contribution in [0.3, 0.4) is 0 Å². The van der Waals surface area contributed by atoms with E-state index in [9.17, 15) is 0 Å². The third-order valence-corrected chi connectivity index (χ3v) is 4.60. The van der Waals surface area contributed by atoms with Crippen LogP contribution in [-0.4, -0.2) is 0 Å². The lowest BCUT2D eigenvalue weighted by Crippen LogP contribution is -2.23. The van der Waals surface area contributed by atoms with E-state index in [1.165, 1.54) is 44.9 Å². The summed E-state index contributed by atoms with van der Waals surface area (Å²) in [5.41, 5.74) is 0. The molecule has 0 aromatic heterocycles. The van der Waals surface area contributed by atoms with Crippen molar-refractivity contribution in [3.63, 3.8) is 0 Å². The van der Waals surface area contributed by atoms with Crippen LogP contribution < -0.4 is 0 Å². The van der Waals surface area contributed by atoms with Crippen LogP contribution in [0.25, 0.3) is 0 Å². The van der Waals surface area contributed by atoms with E-state index in [1.54, 1.807) is 0 Å². The van der Waals surface area contributed by atoms with Crippen LogP contribution in [0.2, 0.25) is 0 Å². The fraction of sp³-hybridized carbons (Fsp3) is 0.867. The summed E-state index contributed by atoms with van der Waals surface area (Å²) < 4.78 is 0. The molecule has 0 spiro atoms. The van der Waals surface area contributed by atoms with E-state index >= 15 is 0 Å². The zero-order chi connectivity index (χ0) is 10.7. The fourth-order valence-corrected chi connectivity index (χ4v) is 3.41. The van der Waals surface area contributed by atoms with Gasteiger partial charge in [0.15, 0.2) is 0 Å². The molecule has 2 unspecified atom stereocenters. The fourth-order valence-electron chi connectivity index (χ4n) is 3.41. The molecule has 1 saturated carbocycles. The Morgan fingerprint density at radius 3 is 2.47 bits per heavy atom. The van der Waals surface area contributed by atoms with Crippen molar-refractivity contribution < 1.29 is 0 Å². The first-order chi connectivity index (χ1) is 7.27. The Hall–Kier alpha value is -0.260. The van der Waals surface area contributed by atoms with Gasteiger partial charge in [0.25, 0.3) is 0 Å². The van der Waals surface area contributed by atoms with Crippen molar-refractivity contribution in [1.29, 1.82) is 0 Å². The molecular formula is C15H26. The summed E-state index contributed by atoms with van der Waals surface area (Å²) in [7, 11) is 0. The molecule has 0 heteroatoms. The minimum atomic E-state index is 0.876. The highest BCUT2D eigenvalue weighted by Crippen LogP contribution is 2.38. The molecule has 2 aliphatic carbocycles. The summed E-state index contributed by atoms with van der Waals surface area (Å²) in [6.45, 7) is 4.78. The average molecular weight is 206 g/mol. The van der Waals surface area contributed by atoms with E-state index in [1.807, 2.05) is 0 Å². The van der Waals surface area contributed by atoms with Crippen LogP contribution in [0.4, 0.5) is 0 Å². The van der Waals surface area contributed by atoms with Crippen molar-refractivity contribution in [2.45, 2.75) is 58.8 Å². The lowest BCUT2D eigenvalue weighted by Gasteiger charge is -2.34. The van der Waals surface area contributed by atoms with Gasteiger partial charge in [-0.2, -0.15) is 0 Å². The molecular weight excluding hydrogens is 180 g/mol. The van der Waals surface area contributed by atoms with E-state index < -0.39 is 0 Å². The molecule has 0 aromatic rings. The molecule has 0 heterocycles. The van der Waals surface area contributed by atoms with Crippen molar-refractivity contribution in [3.05, 3.63) is 12.2 Å². The van der Waals surface area contributed by atoms with Crippen LogP contribution in [0.1, 0.15) is 58.8 Å². The van der Waals surface area contributed by atoms with Crippen LogP contribution in [0.15, 0.2) is 12.2 Å². The smallest absolute Gasteiger partial charge is 0.0202 e. The third-order valence-electron chi connectivity index (χ3n) is 4.60. The predicted octanol–water partition coefficient (Wildman–Crippen LogP) is 4.81. The van der Waals surface area contributed by atoms with Crippen LogP contribution in [0, 0.1) is 23.7 Å². The van der Waals surface area contributed by atoms with Gasteiger partial charge in [0, 0.05) is 0 Å². The second-order valence-corrected chi connectivity index (χ2v) is 5.97. The Kier molecular flexibility index (Phi) is 3.88. The Labute approximate surface area is 95.1 Å². The lowest BCUT2D eigenvalue weighted by atomic mass is 9.71. The number of rotatable bonds is 2. The minimum absolute atomic E-state index is 0.876. The summed E-state index contributed by atoms with van der Waals surface area (Å²) in [4.78, 5) is 0. The number of allylic oxidation sites excluding steroid dienone is 2. The highest BCUT2D eigenvalue weighted by molar-refractivity contribution is 4.99. The first-order valence-corrected chi connectivity index (χ1v) is 6.94. The van der Waals surface area contributed by atoms with Gasteiger partial charge in [-0.1, -0.05) is 45.3 Å². The Balaban J connectivity index is 1.91. The number of hydrogen-bond acceptors (Lipinski definition) is 0. The molecule has 2 atom stereocenters. The lowest BCUT2D eigenvalue weighted by molar-refractivity contribution is 0.215. The van der Waals surface area contributed by atoms with Gasteiger partial charge in [-0.25, -0.2) is 0 Å². The summed E-state index contributed by atoms with van der Waals surface area (Å²) in [6.07, 6.45) is 15.3. The second kappa shape index (κ2) is 5.18. The summed E-state index contributed by atoms with van der Waals surface area (Å²) in [6, 6.07) is 0. The summed E-state index contributed by atoms with van der Waals surface area (Å²) >= 11 is 0. The zero-order valence-electron chi connectivity index (χ0n) is 10.4. The van der Waals surface area contributed by atoms with Gasteiger partial charge in [-0.05, 0) is 49.4 Å². The first-order valence-electron chi connectivity index (χ1n) is 6.94. The van der Waals surface area contributed by atoms with E-state index in [-0.39, 0.29) is 0 Å². The maximum Gasteiger partial charge on any atom is -0.0202 e. The average Bonchev–Trinajstić information content (AvgIpc) is 2.30. The largest absolute Gasteiger partial charge is 0.0880 e. The first kappa shape index (κ1) is 11.2. The Morgan fingerprint density at radius 2 is 1.80 bits per heavy atom. The third kappa shape index (κ3) is 2.86. The van der Waals surface area contributed by atoms with E-state index in [2.05, 4.69) is 26.0 Å². The molecule has 86 valence electrons. The molecule has 15 heavy (non-hydrogen) atoms. The second-order valence-electron chi connectivity index (χ2n) is 5.97. The quantitative estimate of drug-likeness (QED) is 0.569. The van der Waals surface area contributed by atoms with E-state index in [0.29, 0.717) is 0 Å². The molecule has 0 N–H and O–H groups in total. The summed E-state index contributed by atoms with van der Waals surface area (Å²) in [5.74, 6) is 3.78. The van der Waals surface area contributed by atoms with Gasteiger partial charge in [0.2, 0.25) is 0 Å². The van der Waals surface area contributed by atoms with Crippen LogP contribution in [0.5, 0.6) is 0 Å². The molecule has 1 fully saturated rings. The van der Waals surface area contributed by atoms with Gasteiger partial charge < -0.3 is 0 Å². The maximum absolute atomic E-state index is 2.54. The standard InChI is InChI=1S/C15H26/c1-12(2)14-9-6-10-15(11-14)13-7-4-3-5-8-13/h6,10,12-15H,3-5,7-9,11H2,1-2H3. The van der Waals surface area contributed by atoms with Gasteiger partial charge >= 0.3 is 0 Å². The van der Waals surface area contributed by atoms with Crippen molar-refractivity contribution in [3.8, 4) is 0 Å². The van der Waals surface area contributed by atoms with Crippen molar-refractivity contribution >= 4 is 0 Å². The normalized spacial score (nSPS) is 33.5. The number of hydrogen-bond donors (Lipinski definition) is 0. The monoisotopic (exact) mass is 206 g/mol. The maximum atomic E-state index is 2.54. The van der Waals surface area contributed by atoms with Crippen molar-refractivity contribution in [1.82, 2.24) is 0 Å². The molecule has 0 bridgehead atoms. The molecule has 2 rings (SSSR count). The molecule has 2 aliphatic rings. The van der Waals surface area contributed by atoms with Gasteiger partial charge in [0.05, 0.1) is 0 Å². The molecule has 0 nitrogen and oxygen atoms in total. The van der Waals surface area contributed by atoms with Crippen LogP contribution in [-0.2, 0) is 0 Å². The Morgan fingerprint density at radius 1 is 1.07 bits per heavy atom. The molecule has 0 radical (unpaired) electrons. The van der Waals surface area contributed by atoms with E-state index in [4.69, 9.17) is 0 Å². The molecule has 0 saturated heterocycles. The Bertz CT molecular complexity index is 208. The highest BCUT2D eigenvalue weighted by Gasteiger charge is 2.27. The molecule has 0 aliphatic heterocycles. The zero-order valence-corrected chi connectivity index (χ0v) is 10.4. The SMILES string of the molecule is CC(C)C1CC=CC(C2CCCCC2)C1. The topological polar surface area (TPSA) is 0 Å². The van der Waals surface area contributed by atoms with Gasteiger partial charge in [-0.15, -0.1) is 0 Å². The van der Waals surface area contributed by atoms with Crippen molar-refractivity contribution in [2.24, 2.45) is 23.7 Å². The van der Waals surface area contributed by atoms with Crippen molar-refractivity contribution in [2.75, 3.05) is 0 Å². The van der Waals surface area contributed by atoms with E-state index in [0.717, 1.165) is 23.7 Å². The summed E-state index contributed by atoms with van der Waals surface area (Å²) in [5, 5.41) is 0. The van der Waals surface area contributed by atoms with Gasteiger partial charge in [0.1, 0.15) is 0 Å². The molecule has 0 amide bonds. The van der Waals surface area contributed by atoms with Crippen LogP contribution >= 0.6 is 0 Å². The predicted molar refractivity (Wildman–Crippen MR) is 66.8 cm³/mol. The van der Waals surface area contributed by atoms with Gasteiger partial charge in [-0.3, -0.25) is 0 Å². The highest BCUT2D eigenvalue weighted by atomic mass is 14.3.